The van der Waals surface area contributed by atoms with E-state index in [4.69, 9.17) is 14.7 Å². The van der Waals surface area contributed by atoms with Crippen molar-refractivity contribution in [3.05, 3.63) is 40.3 Å². The van der Waals surface area contributed by atoms with Crippen LogP contribution in [0.2, 0.25) is 0 Å². The molecule has 8 nitrogen and oxygen atoms in total. The van der Waals surface area contributed by atoms with Gasteiger partial charge in [-0.25, -0.2) is 18.4 Å². The van der Waals surface area contributed by atoms with E-state index in [9.17, 15) is 8.42 Å². The highest BCUT2D eigenvalue weighted by molar-refractivity contribution is 7.89. The number of aryl methyl sites for hydroxylation is 2. The average Bonchev–Trinajstić information content (AvgIpc) is 2.79. The zero-order chi connectivity index (χ0) is 22.2. The van der Waals surface area contributed by atoms with Crippen molar-refractivity contribution in [1.29, 1.82) is 0 Å². The largest absolute Gasteiger partial charge is 0.496 e. The zero-order valence-electron chi connectivity index (χ0n) is 18.7. The Morgan fingerprint density at radius 3 is 2.74 bits per heavy atom. The minimum absolute atomic E-state index is 0.328. The number of hydrogen-bond donors (Lipinski definition) is 2. The van der Waals surface area contributed by atoms with E-state index in [2.05, 4.69) is 10.6 Å². The smallest absolute Gasteiger partial charge is 0.244 e. The summed E-state index contributed by atoms with van der Waals surface area (Å²) in [5.41, 5.74) is 3.56. The van der Waals surface area contributed by atoms with E-state index in [0.29, 0.717) is 35.0 Å². The molecule has 4 rings (SSSR count). The number of hydrogen-bond acceptors (Lipinski definition) is 7. The van der Waals surface area contributed by atoms with Crippen molar-refractivity contribution < 1.29 is 13.2 Å². The van der Waals surface area contributed by atoms with Gasteiger partial charge in [-0.05, 0) is 49.9 Å². The van der Waals surface area contributed by atoms with E-state index in [0.717, 1.165) is 55.0 Å². The quantitative estimate of drug-likeness (QED) is 0.730. The van der Waals surface area contributed by atoms with Gasteiger partial charge < -0.3 is 15.4 Å². The van der Waals surface area contributed by atoms with Crippen LogP contribution in [0, 0.1) is 13.8 Å². The number of benzene rings is 1. The topological polar surface area (TPSA) is 96.5 Å². The molecule has 168 valence electrons. The van der Waals surface area contributed by atoms with Crippen LogP contribution in [-0.4, -0.2) is 49.9 Å². The fourth-order valence-corrected chi connectivity index (χ4v) is 6.50. The van der Waals surface area contributed by atoms with Gasteiger partial charge in [0.25, 0.3) is 0 Å². The summed E-state index contributed by atoms with van der Waals surface area (Å²) >= 11 is 0. The van der Waals surface area contributed by atoms with Crippen LogP contribution in [0.3, 0.4) is 0 Å². The second-order valence-electron chi connectivity index (χ2n) is 8.25. The Hall–Kier alpha value is -2.23. The highest BCUT2D eigenvalue weighted by Crippen LogP contribution is 2.37. The van der Waals surface area contributed by atoms with E-state index in [1.165, 1.54) is 0 Å². The molecule has 1 fully saturated rings. The zero-order valence-corrected chi connectivity index (χ0v) is 19.5. The molecule has 0 unspecified atom stereocenters. The summed E-state index contributed by atoms with van der Waals surface area (Å²) in [4.78, 5) is 9.95. The van der Waals surface area contributed by atoms with Gasteiger partial charge in [0.15, 0.2) is 0 Å². The number of ether oxygens (including phenoxy) is 1. The van der Waals surface area contributed by atoms with E-state index in [-0.39, 0.29) is 6.04 Å². The predicted molar refractivity (Wildman–Crippen MR) is 120 cm³/mol. The molecule has 0 saturated carbocycles. The van der Waals surface area contributed by atoms with Crippen molar-refractivity contribution in [2.75, 3.05) is 32.6 Å². The van der Waals surface area contributed by atoms with Gasteiger partial charge in [-0.3, -0.25) is 0 Å². The molecule has 2 aliphatic heterocycles. The predicted octanol–water partition coefficient (Wildman–Crippen LogP) is 2.71. The first kappa shape index (κ1) is 22.0. The molecule has 0 bridgehead atoms. The monoisotopic (exact) mass is 445 g/mol. The van der Waals surface area contributed by atoms with Crippen molar-refractivity contribution in [3.63, 3.8) is 0 Å². The molecule has 1 atom stereocenters. The van der Waals surface area contributed by atoms with Crippen LogP contribution in [0.1, 0.15) is 53.5 Å². The summed E-state index contributed by atoms with van der Waals surface area (Å²) in [7, 11) is -0.270. The van der Waals surface area contributed by atoms with Gasteiger partial charge in [-0.2, -0.15) is 4.31 Å². The molecule has 9 heteroatoms. The molecule has 0 radical (unpaired) electrons. The second kappa shape index (κ2) is 8.72. The van der Waals surface area contributed by atoms with E-state index >= 15 is 0 Å². The fourth-order valence-electron chi connectivity index (χ4n) is 4.56. The number of aromatic nitrogens is 2. The van der Waals surface area contributed by atoms with Gasteiger partial charge in [0.2, 0.25) is 10.0 Å². The molecular formula is C22H31N5O3S. The Labute approximate surface area is 184 Å². The molecule has 0 amide bonds. The minimum Gasteiger partial charge on any atom is -0.496 e. The van der Waals surface area contributed by atoms with Crippen LogP contribution in [-0.2, 0) is 23.0 Å². The number of sulfonamides is 1. The number of nitrogens with one attached hydrogen (secondary N) is 2. The normalized spacial score (nSPS) is 19.7. The molecule has 3 heterocycles. The number of methoxy groups -OCH3 is 1. The highest BCUT2D eigenvalue weighted by Gasteiger charge is 2.37. The van der Waals surface area contributed by atoms with Gasteiger partial charge in [0.1, 0.15) is 17.4 Å². The lowest BCUT2D eigenvalue weighted by Gasteiger charge is -2.35. The Morgan fingerprint density at radius 2 is 2.00 bits per heavy atom. The first-order valence-corrected chi connectivity index (χ1v) is 12.3. The maximum Gasteiger partial charge on any atom is 0.244 e. The molecule has 0 aliphatic carbocycles. The maximum atomic E-state index is 13.8. The molecule has 31 heavy (non-hydrogen) atoms. The Morgan fingerprint density at radius 1 is 1.19 bits per heavy atom. The van der Waals surface area contributed by atoms with E-state index in [1.54, 1.807) is 23.5 Å². The van der Waals surface area contributed by atoms with Crippen LogP contribution in [0.15, 0.2) is 17.0 Å². The Bertz CT molecular complexity index is 1070. The molecule has 2 N–H and O–H groups in total. The average molecular weight is 446 g/mol. The van der Waals surface area contributed by atoms with Gasteiger partial charge >= 0.3 is 0 Å². The standard InChI is InChI=1S/C22H31N5O3S/c1-14-12-20(15(2)11-19(14)30-4)31(28,29)27-10-6-5-7-18(27)22-25-17-8-9-24-13-16(17)21(23-3)26-22/h11-12,18,24H,5-10,13H2,1-4H3,(H,23,25,26)/t18-/m0/s1. The number of fused-ring (bicyclic) bond motifs is 1. The first-order chi connectivity index (χ1) is 14.9. The lowest BCUT2D eigenvalue weighted by atomic mass is 10.0. The first-order valence-electron chi connectivity index (χ1n) is 10.8. The third-order valence-corrected chi connectivity index (χ3v) is 8.27. The van der Waals surface area contributed by atoms with E-state index in [1.807, 2.05) is 20.9 Å². The van der Waals surface area contributed by atoms with Crippen LogP contribution >= 0.6 is 0 Å². The van der Waals surface area contributed by atoms with Gasteiger partial charge in [-0.15, -0.1) is 0 Å². The summed E-state index contributed by atoms with van der Waals surface area (Å²) in [5, 5.41) is 6.53. The van der Waals surface area contributed by atoms with Gasteiger partial charge in [-0.1, -0.05) is 6.42 Å². The van der Waals surface area contributed by atoms with Gasteiger partial charge in [0, 0.05) is 38.7 Å². The van der Waals surface area contributed by atoms with Crippen molar-refractivity contribution in [1.82, 2.24) is 19.6 Å². The summed E-state index contributed by atoms with van der Waals surface area (Å²) in [6.45, 7) is 5.74. The summed E-state index contributed by atoms with van der Waals surface area (Å²) in [6, 6.07) is 3.14. The van der Waals surface area contributed by atoms with Crippen molar-refractivity contribution in [2.24, 2.45) is 0 Å². The van der Waals surface area contributed by atoms with Gasteiger partial charge in [0.05, 0.1) is 23.7 Å². The number of rotatable bonds is 5. The fraction of sp³-hybridized carbons (Fsp3) is 0.545. The molecular weight excluding hydrogens is 414 g/mol. The Balaban J connectivity index is 1.77. The van der Waals surface area contributed by atoms with Crippen molar-refractivity contribution in [3.8, 4) is 5.75 Å². The highest BCUT2D eigenvalue weighted by atomic mass is 32.2. The molecule has 2 aliphatic rings. The number of anilines is 1. The lowest BCUT2D eigenvalue weighted by Crippen LogP contribution is -2.40. The summed E-state index contributed by atoms with van der Waals surface area (Å²) in [5.74, 6) is 2.07. The molecule has 1 aromatic carbocycles. The van der Waals surface area contributed by atoms with Crippen molar-refractivity contribution in [2.45, 2.75) is 57.0 Å². The second-order valence-corrected chi connectivity index (χ2v) is 10.1. The third-order valence-electron chi connectivity index (χ3n) is 6.22. The van der Waals surface area contributed by atoms with Crippen LogP contribution in [0.25, 0.3) is 0 Å². The van der Waals surface area contributed by atoms with Crippen LogP contribution in [0.4, 0.5) is 5.82 Å². The maximum absolute atomic E-state index is 13.8. The Kier molecular flexibility index (Phi) is 6.18. The van der Waals surface area contributed by atoms with Crippen LogP contribution in [0.5, 0.6) is 5.75 Å². The SMILES string of the molecule is CNc1nc([C@@H]2CCCCN2S(=O)(=O)c2cc(C)c(OC)cc2C)nc2c1CNCC2. The third kappa shape index (κ3) is 4.02. The van der Waals surface area contributed by atoms with Crippen molar-refractivity contribution >= 4 is 15.8 Å². The molecule has 1 saturated heterocycles. The summed E-state index contributed by atoms with van der Waals surface area (Å²) in [6.07, 6.45) is 3.31. The molecule has 1 aromatic heterocycles. The molecule has 2 aromatic rings. The lowest BCUT2D eigenvalue weighted by molar-refractivity contribution is 0.246. The van der Waals surface area contributed by atoms with E-state index < -0.39 is 10.0 Å². The molecule has 0 spiro atoms. The minimum atomic E-state index is -3.71. The summed E-state index contributed by atoms with van der Waals surface area (Å²) < 4.78 is 34.6. The van der Waals surface area contributed by atoms with Crippen LogP contribution < -0.4 is 15.4 Å². The number of nitrogens with zero attached hydrogens (tertiary/aromatic N) is 3. The number of piperidine rings is 1.